The van der Waals surface area contributed by atoms with E-state index in [1.807, 2.05) is 0 Å². The minimum atomic E-state index is -0.533. The van der Waals surface area contributed by atoms with Crippen molar-refractivity contribution in [2.45, 2.75) is 26.3 Å². The summed E-state index contributed by atoms with van der Waals surface area (Å²) in [7, 11) is 0. The summed E-state index contributed by atoms with van der Waals surface area (Å²) in [6, 6.07) is 6.23. The molecular weight excluding hydrogens is 284 g/mol. The molecule has 2 rings (SSSR count). The number of carbonyl (C=O) groups excluding carboxylic acids is 3. The van der Waals surface area contributed by atoms with Crippen LogP contribution in [-0.4, -0.2) is 35.3 Å². The number of hydrogen-bond donors (Lipinski definition) is 1. The van der Waals surface area contributed by atoms with Crippen LogP contribution < -0.4 is 5.73 Å². The smallest absolute Gasteiger partial charge is 0.332 e. The molecule has 22 heavy (non-hydrogen) atoms. The van der Waals surface area contributed by atoms with Gasteiger partial charge in [-0.05, 0) is 26.0 Å². The molecule has 0 radical (unpaired) electrons. The average molecular weight is 302 g/mol. The highest BCUT2D eigenvalue weighted by Crippen LogP contribution is 2.25. The molecule has 1 aliphatic heterocycles. The lowest BCUT2D eigenvalue weighted by atomic mass is 10.1. The first kappa shape index (κ1) is 15.8. The molecule has 1 atom stereocenters. The van der Waals surface area contributed by atoms with Crippen LogP contribution in [0.3, 0.4) is 0 Å². The fraction of sp³-hybridized carbons (Fsp3) is 0.312. The quantitative estimate of drug-likeness (QED) is 0.505. The third kappa shape index (κ3) is 3.00. The molecule has 0 fully saturated rings. The molecule has 2 amide bonds. The number of hydrogen-bond acceptors (Lipinski definition) is 5. The van der Waals surface area contributed by atoms with Gasteiger partial charge in [0.1, 0.15) is 0 Å². The lowest BCUT2D eigenvalue weighted by Gasteiger charge is -2.22. The van der Waals surface area contributed by atoms with Crippen molar-refractivity contribution < 1.29 is 19.1 Å². The van der Waals surface area contributed by atoms with E-state index in [9.17, 15) is 14.4 Å². The molecule has 6 nitrogen and oxygen atoms in total. The molecule has 0 saturated carbocycles. The van der Waals surface area contributed by atoms with Gasteiger partial charge < -0.3 is 10.5 Å². The zero-order valence-corrected chi connectivity index (χ0v) is 12.5. The van der Waals surface area contributed by atoms with E-state index in [0.717, 1.165) is 0 Å². The standard InChI is InChI=1S/C16H18N2O4/c1-3-22-14(19)9-11(17)8-10(2)18-15(20)12-6-4-5-7-13(12)16(18)21/h4-7,9-10H,3,8,17H2,1-2H3/b11-9-. The molecular formula is C16H18N2O4. The molecule has 0 aromatic heterocycles. The number of esters is 1. The van der Waals surface area contributed by atoms with Crippen molar-refractivity contribution in [2.75, 3.05) is 6.61 Å². The Kier molecular flexibility index (Phi) is 4.60. The second-order valence-electron chi connectivity index (χ2n) is 5.05. The first-order valence-corrected chi connectivity index (χ1v) is 7.05. The van der Waals surface area contributed by atoms with Crippen molar-refractivity contribution in [1.82, 2.24) is 4.90 Å². The van der Waals surface area contributed by atoms with Crippen molar-refractivity contribution in [3.8, 4) is 0 Å². The molecule has 1 aromatic carbocycles. The van der Waals surface area contributed by atoms with Crippen molar-refractivity contribution in [1.29, 1.82) is 0 Å². The highest BCUT2D eigenvalue weighted by molar-refractivity contribution is 6.21. The zero-order chi connectivity index (χ0) is 16.3. The van der Waals surface area contributed by atoms with Crippen LogP contribution in [0.4, 0.5) is 0 Å². The fourth-order valence-corrected chi connectivity index (χ4v) is 2.43. The van der Waals surface area contributed by atoms with Gasteiger partial charge in [0, 0.05) is 24.2 Å². The third-order valence-corrected chi connectivity index (χ3v) is 3.39. The SMILES string of the molecule is CCOC(=O)/C=C(\N)CC(C)N1C(=O)c2ccccc2C1=O. The van der Waals surface area contributed by atoms with Gasteiger partial charge in [-0.3, -0.25) is 14.5 Å². The van der Waals surface area contributed by atoms with Crippen molar-refractivity contribution in [3.63, 3.8) is 0 Å². The number of fused-ring (bicyclic) bond motifs is 1. The molecule has 0 saturated heterocycles. The Morgan fingerprint density at radius 2 is 1.82 bits per heavy atom. The van der Waals surface area contributed by atoms with Gasteiger partial charge in [0.2, 0.25) is 0 Å². The Balaban J connectivity index is 2.12. The van der Waals surface area contributed by atoms with Gasteiger partial charge in [-0.1, -0.05) is 12.1 Å². The predicted molar refractivity (Wildman–Crippen MR) is 79.9 cm³/mol. The maximum absolute atomic E-state index is 12.3. The summed E-state index contributed by atoms with van der Waals surface area (Å²) in [5.74, 6) is -1.20. The first-order chi connectivity index (χ1) is 10.5. The lowest BCUT2D eigenvalue weighted by Crippen LogP contribution is -2.38. The number of benzene rings is 1. The van der Waals surface area contributed by atoms with E-state index in [0.29, 0.717) is 11.1 Å². The van der Waals surface area contributed by atoms with E-state index in [1.165, 1.54) is 11.0 Å². The monoisotopic (exact) mass is 302 g/mol. The Morgan fingerprint density at radius 3 is 2.32 bits per heavy atom. The van der Waals surface area contributed by atoms with Crippen LogP contribution >= 0.6 is 0 Å². The molecule has 1 aromatic rings. The minimum Gasteiger partial charge on any atom is -0.463 e. The van der Waals surface area contributed by atoms with E-state index in [-0.39, 0.29) is 30.5 Å². The number of nitrogens with two attached hydrogens (primary N) is 1. The predicted octanol–water partition coefficient (Wildman–Crippen LogP) is 1.47. The van der Waals surface area contributed by atoms with E-state index < -0.39 is 12.0 Å². The second kappa shape index (κ2) is 6.43. The summed E-state index contributed by atoms with van der Waals surface area (Å²) >= 11 is 0. The van der Waals surface area contributed by atoms with Gasteiger partial charge in [-0.2, -0.15) is 0 Å². The number of nitrogens with zero attached hydrogens (tertiary/aromatic N) is 1. The number of ether oxygens (including phenoxy) is 1. The van der Waals surface area contributed by atoms with Gasteiger partial charge >= 0.3 is 5.97 Å². The molecule has 0 aliphatic carbocycles. The van der Waals surface area contributed by atoms with E-state index in [4.69, 9.17) is 10.5 Å². The zero-order valence-electron chi connectivity index (χ0n) is 12.5. The first-order valence-electron chi connectivity index (χ1n) is 7.05. The summed E-state index contributed by atoms with van der Waals surface area (Å²) < 4.78 is 4.77. The van der Waals surface area contributed by atoms with Crippen molar-refractivity contribution in [3.05, 3.63) is 47.2 Å². The van der Waals surface area contributed by atoms with Crippen LogP contribution in [0.15, 0.2) is 36.0 Å². The van der Waals surface area contributed by atoms with Gasteiger partial charge in [-0.25, -0.2) is 4.79 Å². The van der Waals surface area contributed by atoms with Gasteiger partial charge in [0.05, 0.1) is 17.7 Å². The maximum atomic E-state index is 12.3. The molecule has 1 aliphatic rings. The lowest BCUT2D eigenvalue weighted by molar-refractivity contribution is -0.137. The summed E-state index contributed by atoms with van der Waals surface area (Å²) in [4.78, 5) is 37.1. The minimum absolute atomic E-state index is 0.213. The maximum Gasteiger partial charge on any atom is 0.332 e. The summed E-state index contributed by atoms with van der Waals surface area (Å²) in [6.07, 6.45) is 1.39. The fourth-order valence-electron chi connectivity index (χ4n) is 2.43. The molecule has 1 heterocycles. The van der Waals surface area contributed by atoms with E-state index in [1.54, 1.807) is 38.1 Å². The summed E-state index contributed by atoms with van der Waals surface area (Å²) in [6.45, 7) is 3.67. The van der Waals surface area contributed by atoms with Crippen LogP contribution in [-0.2, 0) is 9.53 Å². The third-order valence-electron chi connectivity index (χ3n) is 3.39. The highest BCUT2D eigenvalue weighted by Gasteiger charge is 2.38. The molecule has 1 unspecified atom stereocenters. The Morgan fingerprint density at radius 1 is 1.27 bits per heavy atom. The number of rotatable bonds is 5. The van der Waals surface area contributed by atoms with Crippen molar-refractivity contribution >= 4 is 17.8 Å². The summed E-state index contributed by atoms with van der Waals surface area (Å²) in [5.41, 5.74) is 6.84. The van der Waals surface area contributed by atoms with Crippen LogP contribution in [0, 0.1) is 0 Å². The average Bonchev–Trinajstić information content (AvgIpc) is 2.71. The van der Waals surface area contributed by atoms with Crippen LogP contribution in [0.5, 0.6) is 0 Å². The number of amides is 2. The summed E-state index contributed by atoms with van der Waals surface area (Å²) in [5, 5.41) is 0. The van der Waals surface area contributed by atoms with Crippen LogP contribution in [0.1, 0.15) is 41.0 Å². The molecule has 0 spiro atoms. The largest absolute Gasteiger partial charge is 0.463 e. The number of carbonyl (C=O) groups is 3. The van der Waals surface area contributed by atoms with Gasteiger partial charge in [0.15, 0.2) is 0 Å². The van der Waals surface area contributed by atoms with E-state index in [2.05, 4.69) is 0 Å². The van der Waals surface area contributed by atoms with Crippen molar-refractivity contribution in [2.24, 2.45) is 5.73 Å². The molecule has 2 N–H and O–H groups in total. The van der Waals surface area contributed by atoms with Crippen LogP contribution in [0.25, 0.3) is 0 Å². The topological polar surface area (TPSA) is 89.7 Å². The Hall–Kier alpha value is -2.63. The Labute approximate surface area is 128 Å². The Bertz CT molecular complexity index is 616. The molecule has 116 valence electrons. The van der Waals surface area contributed by atoms with Crippen LogP contribution in [0.2, 0.25) is 0 Å². The molecule has 0 bridgehead atoms. The van der Waals surface area contributed by atoms with Gasteiger partial charge in [-0.15, -0.1) is 0 Å². The highest BCUT2D eigenvalue weighted by atomic mass is 16.5. The van der Waals surface area contributed by atoms with Gasteiger partial charge in [0.25, 0.3) is 11.8 Å². The second-order valence-corrected chi connectivity index (χ2v) is 5.05. The van der Waals surface area contributed by atoms with E-state index >= 15 is 0 Å². The normalized spacial score (nSPS) is 15.7. The number of imide groups is 1. The molecule has 6 heteroatoms.